The number of hydrogen-bond donors (Lipinski definition) is 2. The Kier molecular flexibility index (Phi) is 4.88. The lowest BCUT2D eigenvalue weighted by atomic mass is 10.2. The molecule has 21 heavy (non-hydrogen) atoms. The first-order valence-electron chi connectivity index (χ1n) is 5.73. The molecule has 0 fully saturated rings. The minimum atomic E-state index is -0.427. The van der Waals surface area contributed by atoms with Gasteiger partial charge in [0, 0.05) is 6.07 Å². The smallest absolute Gasteiger partial charge is 0.272 e. The second-order valence-corrected chi connectivity index (χ2v) is 5.18. The summed E-state index contributed by atoms with van der Waals surface area (Å²) in [7, 11) is 2.96. The van der Waals surface area contributed by atoms with Crippen molar-refractivity contribution in [3.05, 3.63) is 39.1 Å². The van der Waals surface area contributed by atoms with Crippen molar-refractivity contribution in [2.24, 2.45) is 0 Å². The van der Waals surface area contributed by atoms with E-state index in [4.69, 9.17) is 44.3 Å². The molecule has 2 aromatic rings. The number of aromatic amines is 1. The van der Waals surface area contributed by atoms with Crippen molar-refractivity contribution in [1.29, 1.82) is 0 Å². The average Bonchev–Trinajstić information content (AvgIpc) is 2.79. The van der Waals surface area contributed by atoms with E-state index in [1.165, 1.54) is 26.4 Å². The fraction of sp³-hybridized carbons (Fsp3) is 0.154. The Morgan fingerprint density at radius 3 is 2.24 bits per heavy atom. The number of aromatic nitrogens is 1. The number of nitrogens with one attached hydrogen (secondary N) is 2. The number of halogens is 3. The summed E-state index contributed by atoms with van der Waals surface area (Å²) in [5.41, 5.74) is 0.620. The third-order valence-electron chi connectivity index (χ3n) is 2.69. The Bertz CT molecular complexity index is 666. The molecule has 0 unspecified atom stereocenters. The van der Waals surface area contributed by atoms with Crippen molar-refractivity contribution < 1.29 is 14.3 Å². The van der Waals surface area contributed by atoms with Gasteiger partial charge >= 0.3 is 0 Å². The first-order chi connectivity index (χ1) is 9.96. The summed E-state index contributed by atoms with van der Waals surface area (Å²) >= 11 is 17.6. The number of amides is 1. The van der Waals surface area contributed by atoms with Crippen LogP contribution in [-0.2, 0) is 0 Å². The molecule has 112 valence electrons. The maximum absolute atomic E-state index is 12.1. The molecule has 1 aromatic carbocycles. The Balaban J connectivity index is 2.30. The van der Waals surface area contributed by atoms with Crippen molar-refractivity contribution in [3.63, 3.8) is 0 Å². The standard InChI is InChI=1S/C13H11Cl3N2O3/c1-20-10-5-11(21-2)8(3-6(10)14)18-13(19)9-4-7(15)12(16)17-9/h3-5,17H,1-2H3,(H,18,19). The molecule has 1 aromatic heterocycles. The van der Waals surface area contributed by atoms with Crippen molar-refractivity contribution in [2.45, 2.75) is 0 Å². The summed E-state index contributed by atoms with van der Waals surface area (Å²) < 4.78 is 10.3. The lowest BCUT2D eigenvalue weighted by Gasteiger charge is -2.12. The fourth-order valence-corrected chi connectivity index (χ4v) is 2.23. The highest BCUT2D eigenvalue weighted by atomic mass is 35.5. The van der Waals surface area contributed by atoms with E-state index in [0.29, 0.717) is 22.2 Å². The first kappa shape index (κ1) is 15.8. The first-order valence-corrected chi connectivity index (χ1v) is 6.86. The fourth-order valence-electron chi connectivity index (χ4n) is 1.67. The van der Waals surface area contributed by atoms with Crippen LogP contribution in [-0.4, -0.2) is 25.1 Å². The topological polar surface area (TPSA) is 63.4 Å². The van der Waals surface area contributed by atoms with Crippen molar-refractivity contribution >= 4 is 46.4 Å². The van der Waals surface area contributed by atoms with Gasteiger partial charge < -0.3 is 19.8 Å². The third-order valence-corrected chi connectivity index (χ3v) is 3.68. The van der Waals surface area contributed by atoms with Gasteiger partial charge in [-0.3, -0.25) is 4.79 Å². The van der Waals surface area contributed by atoms with Crippen LogP contribution in [0.15, 0.2) is 18.2 Å². The molecule has 0 aliphatic carbocycles. The number of H-pyrrole nitrogens is 1. The number of hydrogen-bond acceptors (Lipinski definition) is 3. The van der Waals surface area contributed by atoms with Gasteiger partial charge in [0.05, 0.1) is 30.0 Å². The van der Waals surface area contributed by atoms with Gasteiger partial charge in [0.2, 0.25) is 0 Å². The summed E-state index contributed by atoms with van der Waals surface area (Å²) in [5, 5.41) is 3.46. The molecule has 0 spiro atoms. The largest absolute Gasteiger partial charge is 0.495 e. The third kappa shape index (κ3) is 3.37. The van der Waals surface area contributed by atoms with Crippen molar-refractivity contribution in [3.8, 4) is 11.5 Å². The number of benzene rings is 1. The normalized spacial score (nSPS) is 10.3. The molecular weight excluding hydrogens is 339 g/mol. The van der Waals surface area contributed by atoms with E-state index >= 15 is 0 Å². The van der Waals surface area contributed by atoms with Crippen LogP contribution in [0.3, 0.4) is 0 Å². The zero-order valence-electron chi connectivity index (χ0n) is 11.1. The maximum Gasteiger partial charge on any atom is 0.272 e. The molecule has 1 amide bonds. The molecule has 0 aliphatic rings. The van der Waals surface area contributed by atoms with Gasteiger partial charge in [0.25, 0.3) is 5.91 Å². The molecule has 0 atom stereocenters. The Morgan fingerprint density at radius 2 is 1.71 bits per heavy atom. The van der Waals surface area contributed by atoms with Crippen LogP contribution in [0.5, 0.6) is 11.5 Å². The van der Waals surface area contributed by atoms with E-state index in [0.717, 1.165) is 0 Å². The van der Waals surface area contributed by atoms with Crippen LogP contribution in [0.1, 0.15) is 10.5 Å². The quantitative estimate of drug-likeness (QED) is 0.867. The Hall–Kier alpha value is -1.56. The predicted octanol–water partition coefficient (Wildman–Crippen LogP) is 4.24. The zero-order valence-corrected chi connectivity index (χ0v) is 13.4. The minimum Gasteiger partial charge on any atom is -0.495 e. The van der Waals surface area contributed by atoms with Crippen LogP contribution in [0.2, 0.25) is 15.2 Å². The molecule has 0 radical (unpaired) electrons. The van der Waals surface area contributed by atoms with E-state index in [1.54, 1.807) is 6.07 Å². The molecule has 2 rings (SSSR count). The second kappa shape index (κ2) is 6.47. The molecule has 5 nitrogen and oxygen atoms in total. The number of carbonyl (C=O) groups is 1. The highest BCUT2D eigenvalue weighted by Crippen LogP contribution is 2.36. The van der Waals surface area contributed by atoms with Crippen molar-refractivity contribution in [1.82, 2.24) is 4.98 Å². The van der Waals surface area contributed by atoms with Gasteiger partial charge in [-0.2, -0.15) is 0 Å². The molecule has 0 saturated carbocycles. The summed E-state index contributed by atoms with van der Waals surface area (Å²) in [6.07, 6.45) is 0. The van der Waals surface area contributed by atoms with Crippen LogP contribution in [0.25, 0.3) is 0 Å². The Labute approximate surface area is 136 Å². The zero-order chi connectivity index (χ0) is 15.6. The van der Waals surface area contributed by atoms with Gasteiger partial charge in [-0.05, 0) is 12.1 Å². The summed E-state index contributed by atoms with van der Waals surface area (Å²) in [6, 6.07) is 4.53. The van der Waals surface area contributed by atoms with Crippen LogP contribution >= 0.6 is 34.8 Å². The van der Waals surface area contributed by atoms with E-state index in [-0.39, 0.29) is 15.9 Å². The molecule has 2 N–H and O–H groups in total. The number of ether oxygens (including phenoxy) is 2. The lowest BCUT2D eigenvalue weighted by molar-refractivity contribution is 0.102. The van der Waals surface area contributed by atoms with Gasteiger partial charge in [-0.15, -0.1) is 0 Å². The van der Waals surface area contributed by atoms with Gasteiger partial charge in [-0.25, -0.2) is 0 Å². The number of methoxy groups -OCH3 is 2. The van der Waals surface area contributed by atoms with E-state index < -0.39 is 5.91 Å². The van der Waals surface area contributed by atoms with E-state index in [2.05, 4.69) is 10.3 Å². The molecular formula is C13H11Cl3N2O3. The maximum atomic E-state index is 12.1. The van der Waals surface area contributed by atoms with Crippen LogP contribution in [0.4, 0.5) is 5.69 Å². The van der Waals surface area contributed by atoms with Crippen LogP contribution in [0, 0.1) is 0 Å². The van der Waals surface area contributed by atoms with Gasteiger partial charge in [-0.1, -0.05) is 34.8 Å². The molecule has 0 saturated heterocycles. The number of rotatable bonds is 4. The van der Waals surface area contributed by atoms with Gasteiger partial charge in [0.1, 0.15) is 22.3 Å². The molecule has 0 bridgehead atoms. The minimum absolute atomic E-state index is 0.196. The van der Waals surface area contributed by atoms with Crippen LogP contribution < -0.4 is 14.8 Å². The average molecular weight is 350 g/mol. The lowest BCUT2D eigenvalue weighted by Crippen LogP contribution is -2.13. The molecule has 8 heteroatoms. The highest BCUT2D eigenvalue weighted by Gasteiger charge is 2.16. The predicted molar refractivity (Wildman–Crippen MR) is 83.3 cm³/mol. The van der Waals surface area contributed by atoms with Crippen molar-refractivity contribution in [2.75, 3.05) is 19.5 Å². The number of carbonyl (C=O) groups excluding carboxylic acids is 1. The van der Waals surface area contributed by atoms with E-state index in [9.17, 15) is 4.79 Å². The molecule has 1 heterocycles. The van der Waals surface area contributed by atoms with Gasteiger partial charge in [0.15, 0.2) is 0 Å². The summed E-state index contributed by atoms with van der Waals surface area (Å²) in [4.78, 5) is 14.8. The summed E-state index contributed by atoms with van der Waals surface area (Å²) in [5.74, 6) is 0.425. The second-order valence-electron chi connectivity index (χ2n) is 3.99. The SMILES string of the molecule is COc1cc(OC)c(NC(=O)c2cc(Cl)c(Cl)[nH]2)cc1Cl. The number of anilines is 1. The highest BCUT2D eigenvalue weighted by molar-refractivity contribution is 6.41. The monoisotopic (exact) mass is 348 g/mol. The summed E-state index contributed by atoms with van der Waals surface area (Å²) in [6.45, 7) is 0. The Morgan fingerprint density at radius 1 is 1.05 bits per heavy atom. The molecule has 0 aliphatic heterocycles. The van der Waals surface area contributed by atoms with E-state index in [1.807, 2.05) is 0 Å².